The average Bonchev–Trinajstić information content (AvgIpc) is 3.19. The van der Waals surface area contributed by atoms with Gasteiger partial charge in [-0.05, 0) is 28.0 Å². The molecule has 0 N–H and O–H groups in total. The van der Waals surface area contributed by atoms with E-state index >= 15 is 0 Å². The molecule has 5 rings (SSSR count). The molecule has 29 heavy (non-hydrogen) atoms. The summed E-state index contributed by atoms with van der Waals surface area (Å²) in [4.78, 5) is 12.0. The van der Waals surface area contributed by atoms with Crippen LogP contribution in [-0.2, 0) is 12.2 Å². The first-order valence-electron chi connectivity index (χ1n) is 9.20. The molecule has 0 atom stereocenters. The Bertz CT molecular complexity index is 1360. The molecule has 0 spiro atoms. The first kappa shape index (κ1) is 17.7. The molecule has 6 heteroatoms. The SMILES string of the molecule is O=c1cc(CSc2nnc(Cc3ccccc3)o2)c2c(ccc3ccccc32)o1. The number of benzene rings is 3. The number of thioether (sulfide) groups is 1. The Balaban J connectivity index is 1.44. The molecule has 0 aliphatic heterocycles. The number of aromatic nitrogens is 2. The van der Waals surface area contributed by atoms with E-state index in [-0.39, 0.29) is 5.63 Å². The first-order valence-corrected chi connectivity index (χ1v) is 10.2. The quantitative estimate of drug-likeness (QED) is 0.229. The normalized spacial score (nSPS) is 11.3. The van der Waals surface area contributed by atoms with Gasteiger partial charge in [-0.2, -0.15) is 0 Å². The lowest BCUT2D eigenvalue weighted by Crippen LogP contribution is -2.00. The van der Waals surface area contributed by atoms with Crippen molar-refractivity contribution in [3.63, 3.8) is 0 Å². The van der Waals surface area contributed by atoms with Gasteiger partial charge in [0.05, 0.1) is 6.42 Å². The van der Waals surface area contributed by atoms with E-state index in [1.807, 2.05) is 66.7 Å². The minimum absolute atomic E-state index is 0.362. The summed E-state index contributed by atoms with van der Waals surface area (Å²) < 4.78 is 11.2. The first-order chi connectivity index (χ1) is 14.3. The molecule has 0 radical (unpaired) electrons. The monoisotopic (exact) mass is 400 g/mol. The van der Waals surface area contributed by atoms with Crippen LogP contribution in [0, 0.1) is 0 Å². The third-order valence-electron chi connectivity index (χ3n) is 4.71. The fourth-order valence-corrected chi connectivity index (χ4v) is 4.17. The zero-order valence-corrected chi connectivity index (χ0v) is 16.2. The van der Waals surface area contributed by atoms with E-state index in [1.54, 1.807) is 6.07 Å². The molecular weight excluding hydrogens is 384 g/mol. The van der Waals surface area contributed by atoms with E-state index in [4.69, 9.17) is 8.83 Å². The summed E-state index contributed by atoms with van der Waals surface area (Å²) in [6.45, 7) is 0. The molecule has 0 bridgehead atoms. The number of fused-ring (bicyclic) bond motifs is 3. The molecule has 2 heterocycles. The van der Waals surface area contributed by atoms with Crippen LogP contribution >= 0.6 is 11.8 Å². The smallest absolute Gasteiger partial charge is 0.336 e. The second kappa shape index (κ2) is 7.56. The Morgan fingerprint density at radius 1 is 0.862 bits per heavy atom. The Kier molecular flexibility index (Phi) is 4.62. The van der Waals surface area contributed by atoms with Gasteiger partial charge in [-0.25, -0.2) is 4.79 Å². The fraction of sp³-hybridized carbons (Fsp3) is 0.0870. The van der Waals surface area contributed by atoms with Crippen molar-refractivity contribution in [1.29, 1.82) is 0 Å². The van der Waals surface area contributed by atoms with E-state index < -0.39 is 0 Å². The number of hydrogen-bond acceptors (Lipinski definition) is 6. The summed E-state index contributed by atoms with van der Waals surface area (Å²) in [5.74, 6) is 1.10. The summed E-state index contributed by atoms with van der Waals surface area (Å²) in [6, 6.07) is 23.4. The van der Waals surface area contributed by atoms with Crippen LogP contribution in [0.2, 0.25) is 0 Å². The number of nitrogens with zero attached hydrogens (tertiary/aromatic N) is 2. The molecule has 0 saturated carbocycles. The van der Waals surface area contributed by atoms with E-state index in [0.29, 0.717) is 28.9 Å². The zero-order chi connectivity index (χ0) is 19.6. The van der Waals surface area contributed by atoms with Crippen LogP contribution in [0.3, 0.4) is 0 Å². The topological polar surface area (TPSA) is 69.1 Å². The van der Waals surface area contributed by atoms with Crippen molar-refractivity contribution >= 4 is 33.5 Å². The average molecular weight is 400 g/mol. The highest BCUT2D eigenvalue weighted by Crippen LogP contribution is 2.31. The maximum atomic E-state index is 12.0. The zero-order valence-electron chi connectivity index (χ0n) is 15.4. The molecule has 0 amide bonds. The highest BCUT2D eigenvalue weighted by Gasteiger charge is 2.13. The van der Waals surface area contributed by atoms with Gasteiger partial charge in [0.15, 0.2) is 0 Å². The molecule has 3 aromatic carbocycles. The van der Waals surface area contributed by atoms with Gasteiger partial charge in [0, 0.05) is 17.2 Å². The standard InChI is InChI=1S/C23H16N2O3S/c26-21-13-17(22-18-9-5-4-8-16(18)10-11-19(22)27-21)14-29-23-25-24-20(28-23)12-15-6-2-1-3-7-15/h1-11,13H,12,14H2. The van der Waals surface area contributed by atoms with Gasteiger partial charge in [0.1, 0.15) is 5.58 Å². The van der Waals surface area contributed by atoms with Gasteiger partial charge in [-0.1, -0.05) is 72.4 Å². The maximum absolute atomic E-state index is 12.0. The second-order valence-corrected chi connectivity index (χ2v) is 7.59. The molecule has 0 saturated heterocycles. The van der Waals surface area contributed by atoms with Gasteiger partial charge in [0.2, 0.25) is 5.89 Å². The summed E-state index contributed by atoms with van der Waals surface area (Å²) in [5, 5.41) is 11.9. The molecule has 5 aromatic rings. The summed E-state index contributed by atoms with van der Waals surface area (Å²) in [6.07, 6.45) is 0.594. The van der Waals surface area contributed by atoms with Gasteiger partial charge in [-0.15, -0.1) is 10.2 Å². The van der Waals surface area contributed by atoms with Crippen LogP contribution in [-0.4, -0.2) is 10.2 Å². The lowest BCUT2D eigenvalue weighted by atomic mass is 10.0. The van der Waals surface area contributed by atoms with Crippen LogP contribution in [0.5, 0.6) is 0 Å². The molecule has 0 unspecified atom stereocenters. The van der Waals surface area contributed by atoms with Crippen molar-refractivity contribution in [3.05, 3.63) is 100 Å². The lowest BCUT2D eigenvalue weighted by Gasteiger charge is -2.07. The Hall–Kier alpha value is -3.38. The van der Waals surface area contributed by atoms with Crippen molar-refractivity contribution in [1.82, 2.24) is 10.2 Å². The van der Waals surface area contributed by atoms with Crippen molar-refractivity contribution in [2.24, 2.45) is 0 Å². The van der Waals surface area contributed by atoms with Crippen LogP contribution in [0.25, 0.3) is 21.7 Å². The van der Waals surface area contributed by atoms with Gasteiger partial charge < -0.3 is 8.83 Å². The summed E-state index contributed by atoms with van der Waals surface area (Å²) in [5.41, 5.74) is 2.23. The van der Waals surface area contributed by atoms with Crippen LogP contribution in [0.4, 0.5) is 0 Å². The minimum atomic E-state index is -0.362. The molecule has 2 aromatic heterocycles. The van der Waals surface area contributed by atoms with Crippen LogP contribution in [0.1, 0.15) is 17.0 Å². The number of hydrogen-bond donors (Lipinski definition) is 0. The second-order valence-electron chi connectivity index (χ2n) is 6.66. The third-order valence-corrected chi connectivity index (χ3v) is 5.58. The molecular formula is C23H16N2O3S. The highest BCUT2D eigenvalue weighted by molar-refractivity contribution is 7.98. The minimum Gasteiger partial charge on any atom is -0.423 e. The highest BCUT2D eigenvalue weighted by atomic mass is 32.2. The Morgan fingerprint density at radius 2 is 1.69 bits per heavy atom. The Morgan fingerprint density at radius 3 is 2.59 bits per heavy atom. The molecule has 0 aliphatic carbocycles. The number of rotatable bonds is 5. The van der Waals surface area contributed by atoms with Gasteiger partial charge in [0.25, 0.3) is 5.22 Å². The molecule has 0 fully saturated rings. The van der Waals surface area contributed by atoms with Crippen LogP contribution < -0.4 is 5.63 Å². The summed E-state index contributed by atoms with van der Waals surface area (Å²) >= 11 is 1.42. The maximum Gasteiger partial charge on any atom is 0.336 e. The van der Waals surface area contributed by atoms with E-state index in [2.05, 4.69) is 10.2 Å². The third kappa shape index (κ3) is 3.67. The predicted octanol–water partition coefficient (Wildman–Crippen LogP) is 5.21. The lowest BCUT2D eigenvalue weighted by molar-refractivity contribution is 0.420. The van der Waals surface area contributed by atoms with E-state index in [1.165, 1.54) is 11.8 Å². The van der Waals surface area contributed by atoms with Crippen molar-refractivity contribution in [3.8, 4) is 0 Å². The largest absolute Gasteiger partial charge is 0.423 e. The molecule has 5 nitrogen and oxygen atoms in total. The molecule has 0 aliphatic rings. The van der Waals surface area contributed by atoms with Crippen molar-refractivity contribution in [2.45, 2.75) is 17.4 Å². The predicted molar refractivity (Wildman–Crippen MR) is 113 cm³/mol. The van der Waals surface area contributed by atoms with Gasteiger partial charge >= 0.3 is 5.63 Å². The van der Waals surface area contributed by atoms with Crippen molar-refractivity contribution in [2.75, 3.05) is 0 Å². The van der Waals surface area contributed by atoms with Gasteiger partial charge in [-0.3, -0.25) is 0 Å². The summed E-state index contributed by atoms with van der Waals surface area (Å²) in [7, 11) is 0. The van der Waals surface area contributed by atoms with E-state index in [0.717, 1.165) is 27.3 Å². The van der Waals surface area contributed by atoms with E-state index in [9.17, 15) is 4.79 Å². The van der Waals surface area contributed by atoms with Crippen molar-refractivity contribution < 1.29 is 8.83 Å². The fourth-order valence-electron chi connectivity index (χ4n) is 3.41. The van der Waals surface area contributed by atoms with Crippen LogP contribution in [0.15, 0.2) is 91.6 Å². The molecule has 142 valence electrons. The Labute approximate surface area is 170 Å².